The molecular weight excluding hydrogens is 307 g/mol. The summed E-state index contributed by atoms with van der Waals surface area (Å²) in [4.78, 5) is 28.1. The molecule has 0 unspecified atom stereocenters. The number of hydrogen-bond donors (Lipinski definition) is 3. The summed E-state index contributed by atoms with van der Waals surface area (Å²) in [5.74, 6) is -0.747. The third kappa shape index (κ3) is 4.45. The second-order valence-electron chi connectivity index (χ2n) is 4.53. The maximum absolute atomic E-state index is 12.8. The highest BCUT2D eigenvalue weighted by Gasteiger charge is 2.05. The molecule has 6 nitrogen and oxygen atoms in total. The topological polar surface area (TPSA) is 90.1 Å². The molecular formula is C14H13FN4O2S. The maximum atomic E-state index is 12.8. The Morgan fingerprint density at radius 3 is 2.64 bits per heavy atom. The Balaban J connectivity index is 2.02. The molecule has 22 heavy (non-hydrogen) atoms. The fraction of sp³-hybridized carbons (Fsp3) is 0.143. The fourth-order valence-electron chi connectivity index (χ4n) is 1.73. The van der Waals surface area contributed by atoms with Crippen molar-refractivity contribution in [2.24, 2.45) is 5.10 Å². The quantitative estimate of drug-likeness (QED) is 0.454. The van der Waals surface area contributed by atoms with Crippen molar-refractivity contribution in [3.8, 4) is 0 Å². The summed E-state index contributed by atoms with van der Waals surface area (Å²) in [6, 6.07) is 7.01. The van der Waals surface area contributed by atoms with Gasteiger partial charge in [0.25, 0.3) is 5.56 Å². The van der Waals surface area contributed by atoms with Crippen molar-refractivity contribution in [2.75, 3.05) is 0 Å². The van der Waals surface area contributed by atoms with Crippen LogP contribution in [0.2, 0.25) is 0 Å². The lowest BCUT2D eigenvalue weighted by molar-refractivity contribution is -0.120. The molecule has 2 aromatic rings. The van der Waals surface area contributed by atoms with Crippen LogP contribution in [0.4, 0.5) is 4.39 Å². The molecule has 1 amide bonds. The van der Waals surface area contributed by atoms with E-state index in [1.54, 1.807) is 19.1 Å². The van der Waals surface area contributed by atoms with Crippen molar-refractivity contribution in [3.63, 3.8) is 0 Å². The Morgan fingerprint density at radius 1 is 1.32 bits per heavy atom. The first-order chi connectivity index (χ1) is 10.4. The van der Waals surface area contributed by atoms with Gasteiger partial charge in [-0.15, -0.1) is 0 Å². The molecule has 0 bridgehead atoms. The number of aromatic amines is 2. The Bertz CT molecular complexity index is 795. The molecule has 0 aliphatic carbocycles. The molecule has 8 heteroatoms. The van der Waals surface area contributed by atoms with E-state index in [4.69, 9.17) is 12.2 Å². The molecule has 1 aromatic carbocycles. The number of benzene rings is 1. The Kier molecular flexibility index (Phi) is 4.95. The van der Waals surface area contributed by atoms with Gasteiger partial charge in [0.1, 0.15) is 5.82 Å². The maximum Gasteiger partial charge on any atom is 0.251 e. The van der Waals surface area contributed by atoms with Gasteiger partial charge in [-0.3, -0.25) is 14.6 Å². The Hall–Kier alpha value is -2.61. The Morgan fingerprint density at radius 2 is 2.00 bits per heavy atom. The van der Waals surface area contributed by atoms with E-state index in [0.29, 0.717) is 17.0 Å². The number of nitrogens with zero attached hydrogens (tertiary/aromatic N) is 1. The minimum absolute atomic E-state index is 0.0617. The smallest absolute Gasteiger partial charge is 0.251 e. The first-order valence-electron chi connectivity index (χ1n) is 6.35. The lowest BCUT2D eigenvalue weighted by Gasteiger charge is -2.03. The van der Waals surface area contributed by atoms with E-state index in [0.717, 1.165) is 0 Å². The second kappa shape index (κ2) is 6.90. The van der Waals surface area contributed by atoms with Crippen molar-refractivity contribution in [3.05, 3.63) is 62.5 Å². The summed E-state index contributed by atoms with van der Waals surface area (Å²) in [7, 11) is 0. The molecule has 3 N–H and O–H groups in total. The SMILES string of the molecule is C/C(=N/NC(=O)Cc1cc(=O)[nH]c(=S)[nH]1)c1ccc(F)cc1. The minimum atomic E-state index is -0.405. The molecule has 0 fully saturated rings. The monoisotopic (exact) mass is 320 g/mol. The number of nitrogens with one attached hydrogen (secondary N) is 3. The van der Waals surface area contributed by atoms with E-state index < -0.39 is 5.91 Å². The number of rotatable bonds is 4. The van der Waals surface area contributed by atoms with Gasteiger partial charge in [0.2, 0.25) is 5.91 Å². The molecule has 0 saturated carbocycles. The van der Waals surface area contributed by atoms with Gasteiger partial charge in [-0.1, -0.05) is 12.1 Å². The highest BCUT2D eigenvalue weighted by molar-refractivity contribution is 7.71. The number of carbonyl (C=O) groups excluding carboxylic acids is 1. The summed E-state index contributed by atoms with van der Waals surface area (Å²) < 4.78 is 13.0. The number of hydrazone groups is 1. The van der Waals surface area contributed by atoms with Crippen LogP contribution in [0.3, 0.4) is 0 Å². The predicted molar refractivity (Wildman–Crippen MR) is 82.7 cm³/mol. The van der Waals surface area contributed by atoms with E-state index in [1.165, 1.54) is 18.2 Å². The number of aromatic nitrogens is 2. The summed E-state index contributed by atoms with van der Waals surface area (Å²) in [5, 5.41) is 3.93. The van der Waals surface area contributed by atoms with Crippen molar-refractivity contribution < 1.29 is 9.18 Å². The lowest BCUT2D eigenvalue weighted by Crippen LogP contribution is -2.23. The molecule has 0 aliphatic heterocycles. The van der Waals surface area contributed by atoms with E-state index >= 15 is 0 Å². The van der Waals surface area contributed by atoms with Crippen LogP contribution in [0, 0.1) is 10.6 Å². The first kappa shape index (κ1) is 15.8. The van der Waals surface area contributed by atoms with Crippen molar-refractivity contribution in [1.29, 1.82) is 0 Å². The van der Waals surface area contributed by atoms with Crippen LogP contribution in [-0.2, 0) is 11.2 Å². The van der Waals surface area contributed by atoms with E-state index in [1.807, 2.05) is 0 Å². The highest BCUT2D eigenvalue weighted by Crippen LogP contribution is 2.03. The summed E-state index contributed by atoms with van der Waals surface area (Å²) in [6.45, 7) is 1.69. The van der Waals surface area contributed by atoms with Gasteiger partial charge in [0, 0.05) is 11.8 Å². The summed E-state index contributed by atoms with van der Waals surface area (Å²) in [5.41, 5.74) is 3.61. The van der Waals surface area contributed by atoms with Crippen LogP contribution in [0.15, 0.2) is 40.2 Å². The van der Waals surface area contributed by atoms with E-state index in [-0.39, 0.29) is 22.6 Å². The molecule has 1 aromatic heterocycles. The normalized spacial score (nSPS) is 11.3. The zero-order valence-electron chi connectivity index (χ0n) is 11.6. The van der Waals surface area contributed by atoms with Gasteiger partial charge in [-0.2, -0.15) is 5.10 Å². The molecule has 0 saturated heterocycles. The average molecular weight is 320 g/mol. The fourth-order valence-corrected chi connectivity index (χ4v) is 1.96. The molecule has 0 spiro atoms. The number of halogens is 1. The number of hydrogen-bond acceptors (Lipinski definition) is 4. The van der Waals surface area contributed by atoms with E-state index in [2.05, 4.69) is 20.5 Å². The van der Waals surface area contributed by atoms with Crippen molar-refractivity contribution in [2.45, 2.75) is 13.3 Å². The highest BCUT2D eigenvalue weighted by atomic mass is 32.1. The molecule has 0 aliphatic rings. The molecule has 1 heterocycles. The largest absolute Gasteiger partial charge is 0.335 e. The van der Waals surface area contributed by atoms with Crippen LogP contribution in [0.1, 0.15) is 18.2 Å². The summed E-state index contributed by atoms with van der Waals surface area (Å²) >= 11 is 4.82. The number of H-pyrrole nitrogens is 2. The summed E-state index contributed by atoms with van der Waals surface area (Å²) in [6.07, 6.45) is -0.0617. The van der Waals surface area contributed by atoms with E-state index in [9.17, 15) is 14.0 Å². The van der Waals surface area contributed by atoms with Gasteiger partial charge in [-0.05, 0) is 36.8 Å². The van der Waals surface area contributed by atoms with Gasteiger partial charge in [0.05, 0.1) is 12.1 Å². The minimum Gasteiger partial charge on any atom is -0.335 e. The van der Waals surface area contributed by atoms with Gasteiger partial charge >= 0.3 is 0 Å². The van der Waals surface area contributed by atoms with Gasteiger partial charge in [-0.25, -0.2) is 9.82 Å². The zero-order chi connectivity index (χ0) is 16.1. The van der Waals surface area contributed by atoms with Gasteiger partial charge < -0.3 is 4.98 Å². The lowest BCUT2D eigenvalue weighted by atomic mass is 10.1. The van der Waals surface area contributed by atoms with Crippen molar-refractivity contribution in [1.82, 2.24) is 15.4 Å². The third-order valence-electron chi connectivity index (χ3n) is 2.78. The molecule has 114 valence electrons. The first-order valence-corrected chi connectivity index (χ1v) is 6.76. The molecule has 2 rings (SSSR count). The predicted octanol–water partition coefficient (Wildman–Crippen LogP) is 1.65. The molecule has 0 radical (unpaired) electrons. The number of amides is 1. The van der Waals surface area contributed by atoms with Crippen LogP contribution in [-0.4, -0.2) is 21.6 Å². The number of carbonyl (C=O) groups is 1. The Labute approximate surface area is 130 Å². The van der Waals surface area contributed by atoms with Crippen LogP contribution in [0.25, 0.3) is 0 Å². The third-order valence-corrected chi connectivity index (χ3v) is 2.98. The molecule has 0 atom stereocenters. The second-order valence-corrected chi connectivity index (χ2v) is 4.94. The average Bonchev–Trinajstić information content (AvgIpc) is 2.44. The zero-order valence-corrected chi connectivity index (χ0v) is 12.5. The van der Waals surface area contributed by atoms with Crippen molar-refractivity contribution >= 4 is 23.8 Å². The van der Waals surface area contributed by atoms with Crippen LogP contribution < -0.4 is 11.0 Å². The van der Waals surface area contributed by atoms with Crippen LogP contribution >= 0.6 is 12.2 Å². The standard InChI is InChI=1S/C14H13FN4O2S/c1-8(9-2-4-10(15)5-3-9)18-19-13(21)7-11-6-12(20)17-14(22)16-11/h2-6H,7H2,1H3,(H,19,21)(H2,16,17,20,22)/b18-8-. The van der Waals surface area contributed by atoms with Gasteiger partial charge in [0.15, 0.2) is 4.77 Å². The van der Waals surface area contributed by atoms with Crippen LogP contribution in [0.5, 0.6) is 0 Å².